The van der Waals surface area contributed by atoms with Crippen LogP contribution in [0.4, 0.5) is 4.79 Å². The lowest BCUT2D eigenvalue weighted by atomic mass is 9.77. The van der Waals surface area contributed by atoms with Gasteiger partial charge in [0.15, 0.2) is 5.82 Å². The number of phenolic OH excluding ortho intramolecular Hbond substituents is 1. The van der Waals surface area contributed by atoms with E-state index in [1.807, 2.05) is 16.8 Å². The van der Waals surface area contributed by atoms with E-state index in [1.165, 1.54) is 19.3 Å². The first kappa shape index (κ1) is 23.6. The van der Waals surface area contributed by atoms with Gasteiger partial charge in [-0.1, -0.05) is 58.2 Å². The van der Waals surface area contributed by atoms with E-state index >= 15 is 0 Å². The van der Waals surface area contributed by atoms with Gasteiger partial charge in [-0.15, -0.1) is 0 Å². The van der Waals surface area contributed by atoms with Crippen molar-refractivity contribution in [1.82, 2.24) is 19.7 Å². The number of rotatable bonds is 5. The maximum Gasteiger partial charge on any atom is 0.407 e. The highest BCUT2D eigenvalue weighted by molar-refractivity contribution is 5.65. The molecule has 2 fully saturated rings. The summed E-state index contributed by atoms with van der Waals surface area (Å²) in [4.78, 5) is 17.8. The lowest BCUT2D eigenvalue weighted by Gasteiger charge is -2.44. The van der Waals surface area contributed by atoms with Gasteiger partial charge in [0.25, 0.3) is 0 Å². The van der Waals surface area contributed by atoms with E-state index < -0.39 is 6.09 Å². The molecule has 7 nitrogen and oxygen atoms in total. The summed E-state index contributed by atoms with van der Waals surface area (Å²) in [5.74, 6) is 1.94. The molecule has 0 bridgehead atoms. The molecule has 7 heteroatoms. The molecule has 2 atom stereocenters. The third kappa shape index (κ3) is 5.50. The topological polar surface area (TPSA) is 91.5 Å². The third-order valence-corrected chi connectivity index (χ3v) is 7.53. The Balaban J connectivity index is 1.41. The number of hydrogen-bond acceptors (Lipinski definition) is 4. The fourth-order valence-electron chi connectivity index (χ4n) is 5.69. The average molecular weight is 455 g/mol. The van der Waals surface area contributed by atoms with Crippen LogP contribution in [-0.4, -0.2) is 48.6 Å². The molecule has 1 saturated heterocycles. The van der Waals surface area contributed by atoms with Gasteiger partial charge in [-0.3, -0.25) is 4.68 Å². The van der Waals surface area contributed by atoms with Gasteiger partial charge in [0, 0.05) is 31.1 Å². The standard InChI is InChI=1S/C26H38N4O3/c1-26(2,3)22-14-18(12-13-30(22)25(32)33)16-29-17-27-23(28-29)15-20-10-7-11-21(24(20)31)19-8-5-4-6-9-19/h7,10-11,17-19,22,31H,4-6,8-9,12-16H2,1-3H3,(H,32,33). The molecule has 2 N–H and O–H groups in total. The van der Waals surface area contributed by atoms with Crippen molar-refractivity contribution in [2.24, 2.45) is 11.3 Å². The number of piperidine rings is 1. The lowest BCUT2D eigenvalue weighted by Crippen LogP contribution is -2.52. The molecule has 1 saturated carbocycles. The van der Waals surface area contributed by atoms with E-state index in [-0.39, 0.29) is 11.5 Å². The second-order valence-electron chi connectivity index (χ2n) is 11.0. The second-order valence-corrected chi connectivity index (χ2v) is 11.0. The molecule has 180 valence electrons. The predicted molar refractivity (Wildman–Crippen MR) is 127 cm³/mol. The van der Waals surface area contributed by atoms with Gasteiger partial charge in [-0.05, 0) is 48.5 Å². The van der Waals surface area contributed by atoms with E-state index in [2.05, 4.69) is 36.9 Å². The van der Waals surface area contributed by atoms with Gasteiger partial charge in [0.2, 0.25) is 0 Å². The minimum Gasteiger partial charge on any atom is -0.507 e. The summed E-state index contributed by atoms with van der Waals surface area (Å²) < 4.78 is 1.89. The summed E-state index contributed by atoms with van der Waals surface area (Å²) in [5.41, 5.74) is 1.86. The van der Waals surface area contributed by atoms with Crippen LogP contribution in [-0.2, 0) is 13.0 Å². The van der Waals surface area contributed by atoms with Crippen molar-refractivity contribution in [3.05, 3.63) is 41.5 Å². The summed E-state index contributed by atoms with van der Waals surface area (Å²) in [5, 5.41) is 25.2. The number of carboxylic acid groups (broad SMARTS) is 1. The van der Waals surface area contributed by atoms with Crippen LogP contribution in [0.25, 0.3) is 0 Å². The van der Waals surface area contributed by atoms with Crippen LogP contribution < -0.4 is 0 Å². The van der Waals surface area contributed by atoms with E-state index in [4.69, 9.17) is 0 Å². The van der Waals surface area contributed by atoms with Crippen LogP contribution in [0.3, 0.4) is 0 Å². The maximum atomic E-state index is 11.7. The zero-order chi connectivity index (χ0) is 23.6. The van der Waals surface area contributed by atoms with Crippen LogP contribution >= 0.6 is 0 Å². The Kier molecular flexibility index (Phi) is 6.96. The average Bonchev–Trinajstić information content (AvgIpc) is 3.22. The minimum absolute atomic E-state index is 0.00350. The fraction of sp³-hybridized carbons (Fsp3) is 0.654. The molecule has 2 heterocycles. The molecule has 1 amide bonds. The van der Waals surface area contributed by atoms with Gasteiger partial charge in [-0.25, -0.2) is 9.78 Å². The van der Waals surface area contributed by atoms with Crippen LogP contribution in [0.1, 0.15) is 88.6 Å². The predicted octanol–water partition coefficient (Wildman–Crippen LogP) is 5.43. The number of likely N-dealkylation sites (tertiary alicyclic amines) is 1. The molecule has 1 aromatic heterocycles. The Morgan fingerprint density at radius 1 is 1.15 bits per heavy atom. The molecule has 2 aromatic rings. The normalized spacial score (nSPS) is 22.5. The third-order valence-electron chi connectivity index (χ3n) is 7.53. The number of hydrogen-bond donors (Lipinski definition) is 2. The second kappa shape index (κ2) is 9.74. The maximum absolute atomic E-state index is 11.7. The van der Waals surface area contributed by atoms with Gasteiger partial charge >= 0.3 is 6.09 Å². The quantitative estimate of drug-likeness (QED) is 0.629. The van der Waals surface area contributed by atoms with Crippen LogP contribution in [0, 0.1) is 11.3 Å². The number of aromatic nitrogens is 3. The van der Waals surface area contributed by atoms with Gasteiger partial charge in [0.1, 0.15) is 12.1 Å². The SMILES string of the molecule is CC(C)(C)C1CC(Cn2cnc(Cc3cccc(C4CCCCC4)c3O)n2)CCN1C(=O)O. The van der Waals surface area contributed by atoms with Crippen molar-refractivity contribution in [3.8, 4) is 5.75 Å². The monoisotopic (exact) mass is 454 g/mol. The fourth-order valence-corrected chi connectivity index (χ4v) is 5.69. The number of aromatic hydroxyl groups is 1. The number of benzene rings is 1. The molecular weight excluding hydrogens is 416 g/mol. The van der Waals surface area contributed by atoms with Crippen LogP contribution in [0.5, 0.6) is 5.75 Å². The summed E-state index contributed by atoms with van der Waals surface area (Å²) in [6.45, 7) is 7.62. The molecule has 0 radical (unpaired) electrons. The zero-order valence-electron chi connectivity index (χ0n) is 20.2. The van der Waals surface area contributed by atoms with E-state index in [1.54, 1.807) is 11.2 Å². The molecule has 33 heavy (non-hydrogen) atoms. The number of amides is 1. The Morgan fingerprint density at radius 3 is 2.61 bits per heavy atom. The highest BCUT2D eigenvalue weighted by Crippen LogP contribution is 2.39. The molecule has 0 spiro atoms. The summed E-state index contributed by atoms with van der Waals surface area (Å²) in [6, 6.07) is 6.07. The Morgan fingerprint density at radius 2 is 1.91 bits per heavy atom. The Bertz CT molecular complexity index is 959. The Labute approximate surface area is 196 Å². The van der Waals surface area contributed by atoms with Crippen molar-refractivity contribution >= 4 is 6.09 Å². The highest BCUT2D eigenvalue weighted by Gasteiger charge is 2.38. The number of nitrogens with zero attached hydrogens (tertiary/aromatic N) is 4. The Hall–Kier alpha value is -2.57. The molecule has 4 rings (SSSR count). The summed E-state index contributed by atoms with van der Waals surface area (Å²) in [6.07, 6.45) is 9.20. The van der Waals surface area contributed by atoms with Crippen molar-refractivity contribution in [2.75, 3.05) is 6.54 Å². The zero-order valence-corrected chi connectivity index (χ0v) is 20.2. The van der Waals surface area contributed by atoms with E-state index in [9.17, 15) is 15.0 Å². The van der Waals surface area contributed by atoms with Crippen LogP contribution in [0.15, 0.2) is 24.5 Å². The van der Waals surface area contributed by atoms with Crippen molar-refractivity contribution in [2.45, 2.75) is 90.6 Å². The molecule has 2 unspecified atom stereocenters. The lowest BCUT2D eigenvalue weighted by molar-refractivity contribution is 0.0366. The summed E-state index contributed by atoms with van der Waals surface area (Å²) in [7, 11) is 0. The van der Waals surface area contributed by atoms with Crippen molar-refractivity contribution < 1.29 is 15.0 Å². The van der Waals surface area contributed by atoms with Gasteiger partial charge in [-0.2, -0.15) is 5.10 Å². The first-order valence-corrected chi connectivity index (χ1v) is 12.4. The first-order chi connectivity index (χ1) is 15.7. The smallest absolute Gasteiger partial charge is 0.407 e. The minimum atomic E-state index is -0.827. The summed E-state index contributed by atoms with van der Waals surface area (Å²) >= 11 is 0. The van der Waals surface area contributed by atoms with Gasteiger partial charge < -0.3 is 15.1 Å². The largest absolute Gasteiger partial charge is 0.507 e. The number of phenols is 1. The van der Waals surface area contributed by atoms with Gasteiger partial charge in [0.05, 0.1) is 0 Å². The van der Waals surface area contributed by atoms with E-state index in [0.29, 0.717) is 36.4 Å². The molecular formula is C26H38N4O3. The van der Waals surface area contributed by atoms with Crippen molar-refractivity contribution in [1.29, 1.82) is 0 Å². The molecule has 2 aliphatic rings. The number of carbonyl (C=O) groups is 1. The van der Waals surface area contributed by atoms with Crippen molar-refractivity contribution in [3.63, 3.8) is 0 Å². The highest BCUT2D eigenvalue weighted by atomic mass is 16.4. The van der Waals surface area contributed by atoms with E-state index in [0.717, 1.165) is 43.4 Å². The molecule has 1 aromatic carbocycles. The molecule has 1 aliphatic carbocycles. The first-order valence-electron chi connectivity index (χ1n) is 12.4. The molecule has 1 aliphatic heterocycles. The van der Waals surface area contributed by atoms with Crippen LogP contribution in [0.2, 0.25) is 0 Å². The number of para-hydroxylation sites is 1.